The molecule has 0 aliphatic carbocycles. The largest absolute Gasteiger partial charge is 0.433 e. The SMILES string of the molecule is CC(=O)c1cc(C#N)c(OC(F)F)cc1Cl. The van der Waals surface area contributed by atoms with Gasteiger partial charge in [0, 0.05) is 11.6 Å². The van der Waals surface area contributed by atoms with Crippen LogP contribution in [0.1, 0.15) is 22.8 Å². The number of alkyl halides is 2. The lowest BCUT2D eigenvalue weighted by atomic mass is 10.1. The first kappa shape index (κ1) is 12.4. The van der Waals surface area contributed by atoms with Crippen molar-refractivity contribution in [2.75, 3.05) is 0 Å². The highest BCUT2D eigenvalue weighted by Gasteiger charge is 2.15. The minimum atomic E-state index is -3.05. The zero-order chi connectivity index (χ0) is 12.3. The number of nitriles is 1. The zero-order valence-electron chi connectivity index (χ0n) is 8.13. The van der Waals surface area contributed by atoms with Gasteiger partial charge in [-0.25, -0.2) is 0 Å². The molecule has 0 unspecified atom stereocenters. The van der Waals surface area contributed by atoms with Crippen LogP contribution in [0.4, 0.5) is 8.78 Å². The lowest BCUT2D eigenvalue weighted by Crippen LogP contribution is -2.05. The number of rotatable bonds is 3. The van der Waals surface area contributed by atoms with E-state index >= 15 is 0 Å². The predicted molar refractivity (Wildman–Crippen MR) is 52.8 cm³/mol. The van der Waals surface area contributed by atoms with Crippen molar-refractivity contribution in [1.29, 1.82) is 5.26 Å². The molecule has 0 N–H and O–H groups in total. The molecule has 1 aromatic carbocycles. The van der Waals surface area contributed by atoms with Crippen molar-refractivity contribution in [3.05, 3.63) is 28.3 Å². The summed E-state index contributed by atoms with van der Waals surface area (Å²) in [6, 6.07) is 3.81. The average molecular weight is 246 g/mol. The van der Waals surface area contributed by atoms with Gasteiger partial charge in [0.2, 0.25) is 0 Å². The summed E-state index contributed by atoms with van der Waals surface area (Å²) in [6.45, 7) is -1.79. The number of carbonyl (C=O) groups excluding carboxylic acids is 1. The summed E-state index contributed by atoms with van der Waals surface area (Å²) in [6.07, 6.45) is 0. The van der Waals surface area contributed by atoms with Gasteiger partial charge in [0.25, 0.3) is 0 Å². The van der Waals surface area contributed by atoms with Crippen molar-refractivity contribution < 1.29 is 18.3 Å². The second kappa shape index (κ2) is 4.90. The Balaban J connectivity index is 3.28. The van der Waals surface area contributed by atoms with Crippen LogP contribution < -0.4 is 4.74 Å². The fourth-order valence-corrected chi connectivity index (χ4v) is 1.39. The maximum atomic E-state index is 12.0. The van der Waals surface area contributed by atoms with E-state index in [2.05, 4.69) is 4.74 Å². The predicted octanol–water partition coefficient (Wildman–Crippen LogP) is 3.02. The molecule has 0 fully saturated rings. The maximum absolute atomic E-state index is 12.0. The van der Waals surface area contributed by atoms with E-state index in [1.54, 1.807) is 6.07 Å². The standard InChI is InChI=1S/C10H6ClF2NO2/c1-5(15)7-2-6(4-14)9(3-8(7)11)16-10(12)13/h2-3,10H,1H3. The molecule has 0 aromatic heterocycles. The third-order valence-corrected chi connectivity index (χ3v) is 2.10. The number of hydrogen-bond acceptors (Lipinski definition) is 3. The number of Topliss-reactive ketones (excluding diaryl/α,β-unsaturated/α-hetero) is 1. The fraction of sp³-hybridized carbons (Fsp3) is 0.200. The van der Waals surface area contributed by atoms with Crippen LogP contribution in [0, 0.1) is 11.3 Å². The molecule has 84 valence electrons. The first-order valence-corrected chi connectivity index (χ1v) is 4.53. The highest BCUT2D eigenvalue weighted by Crippen LogP contribution is 2.28. The van der Waals surface area contributed by atoms with E-state index in [9.17, 15) is 13.6 Å². The second-order valence-electron chi connectivity index (χ2n) is 2.87. The first-order valence-electron chi connectivity index (χ1n) is 4.15. The van der Waals surface area contributed by atoms with Crippen molar-refractivity contribution in [2.45, 2.75) is 13.5 Å². The minimum Gasteiger partial charge on any atom is -0.433 e. The summed E-state index contributed by atoms with van der Waals surface area (Å²) >= 11 is 5.68. The maximum Gasteiger partial charge on any atom is 0.387 e. The summed E-state index contributed by atoms with van der Waals surface area (Å²) in [5.41, 5.74) is -0.0604. The van der Waals surface area contributed by atoms with Crippen LogP contribution in [0.25, 0.3) is 0 Å². The van der Waals surface area contributed by atoms with Crippen LogP contribution in [0.15, 0.2) is 12.1 Å². The van der Waals surface area contributed by atoms with Crippen molar-refractivity contribution in [2.24, 2.45) is 0 Å². The molecule has 16 heavy (non-hydrogen) atoms. The number of benzene rings is 1. The lowest BCUT2D eigenvalue weighted by Gasteiger charge is -2.08. The summed E-state index contributed by atoms with van der Waals surface area (Å²) < 4.78 is 28.1. The molecule has 0 atom stereocenters. The number of ether oxygens (including phenoxy) is 1. The second-order valence-corrected chi connectivity index (χ2v) is 3.28. The molecule has 3 nitrogen and oxygen atoms in total. The van der Waals surface area contributed by atoms with Crippen LogP contribution in [0.5, 0.6) is 5.75 Å². The van der Waals surface area contributed by atoms with Gasteiger partial charge in [-0.3, -0.25) is 4.79 Å². The Kier molecular flexibility index (Phi) is 3.80. The smallest absolute Gasteiger partial charge is 0.387 e. The van der Waals surface area contributed by atoms with Crippen molar-refractivity contribution in [1.82, 2.24) is 0 Å². The van der Waals surface area contributed by atoms with E-state index in [0.29, 0.717) is 0 Å². The number of carbonyl (C=O) groups is 1. The molecule has 0 radical (unpaired) electrons. The minimum absolute atomic E-state index is 0.0258. The summed E-state index contributed by atoms with van der Waals surface area (Å²) in [7, 11) is 0. The van der Waals surface area contributed by atoms with E-state index in [1.165, 1.54) is 6.92 Å². The molecular formula is C10H6ClF2NO2. The van der Waals surface area contributed by atoms with E-state index < -0.39 is 6.61 Å². The summed E-state index contributed by atoms with van der Waals surface area (Å²) in [4.78, 5) is 11.1. The molecular weight excluding hydrogens is 240 g/mol. The molecule has 0 amide bonds. The fourth-order valence-electron chi connectivity index (χ4n) is 1.11. The molecule has 0 saturated heterocycles. The number of ketones is 1. The molecule has 0 aliphatic rings. The van der Waals surface area contributed by atoms with Gasteiger partial charge in [-0.15, -0.1) is 0 Å². The molecule has 6 heteroatoms. The van der Waals surface area contributed by atoms with E-state index in [4.69, 9.17) is 16.9 Å². The Bertz CT molecular complexity index is 469. The monoisotopic (exact) mass is 245 g/mol. The molecule has 0 bridgehead atoms. The van der Waals surface area contributed by atoms with Gasteiger partial charge in [0.05, 0.1) is 10.6 Å². The molecule has 1 aromatic rings. The van der Waals surface area contributed by atoms with E-state index in [1.807, 2.05) is 0 Å². The third kappa shape index (κ3) is 2.67. The molecule has 0 heterocycles. The van der Waals surface area contributed by atoms with Gasteiger partial charge in [0.1, 0.15) is 11.8 Å². The number of halogens is 3. The Labute approximate surface area is 95.2 Å². The quantitative estimate of drug-likeness (QED) is 0.769. The normalized spacial score (nSPS) is 10.0. The van der Waals surface area contributed by atoms with Crippen LogP contribution >= 0.6 is 11.6 Å². The van der Waals surface area contributed by atoms with Gasteiger partial charge >= 0.3 is 6.61 Å². The van der Waals surface area contributed by atoms with Gasteiger partial charge in [-0.05, 0) is 13.0 Å². The van der Waals surface area contributed by atoms with Crippen LogP contribution in [0.2, 0.25) is 5.02 Å². The van der Waals surface area contributed by atoms with Crippen molar-refractivity contribution in [3.63, 3.8) is 0 Å². The molecule has 0 aliphatic heterocycles. The molecule has 0 saturated carbocycles. The van der Waals surface area contributed by atoms with Gasteiger partial charge in [0.15, 0.2) is 5.78 Å². The van der Waals surface area contributed by atoms with E-state index in [0.717, 1.165) is 12.1 Å². The van der Waals surface area contributed by atoms with Crippen LogP contribution in [-0.4, -0.2) is 12.4 Å². The molecule has 1 rings (SSSR count). The average Bonchev–Trinajstić information content (AvgIpc) is 2.16. The van der Waals surface area contributed by atoms with Crippen molar-refractivity contribution >= 4 is 17.4 Å². The highest BCUT2D eigenvalue weighted by atomic mass is 35.5. The Morgan fingerprint density at radius 2 is 2.19 bits per heavy atom. The first-order chi connectivity index (χ1) is 7.45. The van der Waals surface area contributed by atoms with Crippen molar-refractivity contribution in [3.8, 4) is 11.8 Å². The number of nitrogens with zero attached hydrogens (tertiary/aromatic N) is 1. The van der Waals surface area contributed by atoms with Gasteiger partial charge < -0.3 is 4.74 Å². The Morgan fingerprint density at radius 3 is 2.62 bits per heavy atom. The summed E-state index contributed by atoms with van der Waals surface area (Å²) in [5.74, 6) is -0.697. The molecule has 0 spiro atoms. The van der Waals surface area contributed by atoms with Gasteiger partial charge in [-0.1, -0.05) is 11.6 Å². The number of hydrogen-bond donors (Lipinski definition) is 0. The summed E-state index contributed by atoms with van der Waals surface area (Å²) in [5, 5.41) is 8.67. The lowest BCUT2D eigenvalue weighted by molar-refractivity contribution is -0.0500. The van der Waals surface area contributed by atoms with Gasteiger partial charge in [-0.2, -0.15) is 14.0 Å². The highest BCUT2D eigenvalue weighted by molar-refractivity contribution is 6.34. The Hall–Kier alpha value is -1.67. The third-order valence-electron chi connectivity index (χ3n) is 1.79. The van der Waals surface area contributed by atoms with E-state index in [-0.39, 0.29) is 27.7 Å². The topological polar surface area (TPSA) is 50.1 Å². The van der Waals surface area contributed by atoms with Crippen LogP contribution in [0.3, 0.4) is 0 Å². The Morgan fingerprint density at radius 1 is 1.56 bits per heavy atom. The zero-order valence-corrected chi connectivity index (χ0v) is 8.89. The van der Waals surface area contributed by atoms with Crippen LogP contribution in [-0.2, 0) is 0 Å².